The average Bonchev–Trinajstić information content (AvgIpc) is 2.51. The first-order valence-corrected chi connectivity index (χ1v) is 9.70. The molecule has 0 radical (unpaired) electrons. The van der Waals surface area contributed by atoms with Gasteiger partial charge >= 0.3 is 0 Å². The third-order valence-electron chi connectivity index (χ3n) is 4.75. The van der Waals surface area contributed by atoms with Gasteiger partial charge in [-0.1, -0.05) is 52.9 Å². The minimum absolute atomic E-state index is 0.357. The molecule has 0 atom stereocenters. The second kappa shape index (κ2) is 14.8. The minimum Gasteiger partial charge on any atom is -0.396 e. The first-order chi connectivity index (χ1) is 10.2. The van der Waals surface area contributed by atoms with Gasteiger partial charge in [-0.25, -0.2) is 0 Å². The molecule has 1 N–H and O–H groups in total. The zero-order valence-electron chi connectivity index (χ0n) is 15.2. The maximum absolute atomic E-state index is 9.26. The van der Waals surface area contributed by atoms with Crippen molar-refractivity contribution >= 4 is 0 Å². The second-order valence-corrected chi connectivity index (χ2v) is 6.79. The van der Waals surface area contributed by atoms with E-state index in [4.69, 9.17) is 0 Å². The van der Waals surface area contributed by atoms with Crippen LogP contribution in [0.3, 0.4) is 0 Å². The lowest BCUT2D eigenvalue weighted by molar-refractivity contribution is -0.929. The van der Waals surface area contributed by atoms with Crippen LogP contribution in [0.5, 0.6) is 0 Å². The fraction of sp³-hybridized carbons (Fsp3) is 1.00. The van der Waals surface area contributed by atoms with Crippen LogP contribution in [0, 0.1) is 0 Å². The maximum Gasteiger partial charge on any atom is 0.0808 e. The molecular weight excluding hydrogens is 258 g/mol. The Balaban J connectivity index is 4.43. The van der Waals surface area contributed by atoms with Crippen molar-refractivity contribution in [3.8, 4) is 0 Å². The Morgan fingerprint density at radius 1 is 0.524 bits per heavy atom. The molecule has 0 fully saturated rings. The summed E-state index contributed by atoms with van der Waals surface area (Å²) in [7, 11) is 0. The van der Waals surface area contributed by atoms with E-state index in [-0.39, 0.29) is 0 Å². The van der Waals surface area contributed by atoms with Crippen molar-refractivity contribution in [2.75, 3.05) is 32.8 Å². The zero-order chi connectivity index (χ0) is 15.8. The van der Waals surface area contributed by atoms with Crippen molar-refractivity contribution in [1.29, 1.82) is 0 Å². The summed E-state index contributed by atoms with van der Waals surface area (Å²) in [6.07, 6.45) is 14.5. The van der Waals surface area contributed by atoms with Crippen LogP contribution in [-0.2, 0) is 0 Å². The van der Waals surface area contributed by atoms with Gasteiger partial charge in [-0.15, -0.1) is 0 Å². The number of quaternary nitrogens is 1. The molecule has 0 aromatic rings. The highest BCUT2D eigenvalue weighted by Crippen LogP contribution is 2.17. The molecule has 0 bridgehead atoms. The Kier molecular flexibility index (Phi) is 14.8. The zero-order valence-corrected chi connectivity index (χ0v) is 15.2. The molecule has 2 heteroatoms. The van der Waals surface area contributed by atoms with E-state index in [2.05, 4.69) is 20.8 Å². The molecule has 0 rings (SSSR count). The SMILES string of the molecule is CCCCCC[N+](CCCC)(CCCO)CCCCCC. The number of hydrogen-bond donors (Lipinski definition) is 1. The van der Waals surface area contributed by atoms with Crippen molar-refractivity contribution in [2.24, 2.45) is 0 Å². The van der Waals surface area contributed by atoms with E-state index in [9.17, 15) is 5.11 Å². The molecule has 21 heavy (non-hydrogen) atoms. The number of aliphatic hydroxyl groups is 1. The van der Waals surface area contributed by atoms with E-state index in [1.807, 2.05) is 0 Å². The first-order valence-electron chi connectivity index (χ1n) is 9.70. The van der Waals surface area contributed by atoms with Crippen LogP contribution in [0.1, 0.15) is 91.4 Å². The molecule has 0 aliphatic rings. The van der Waals surface area contributed by atoms with Crippen molar-refractivity contribution in [2.45, 2.75) is 91.4 Å². The smallest absolute Gasteiger partial charge is 0.0808 e. The first kappa shape index (κ1) is 20.9. The Morgan fingerprint density at radius 3 is 1.38 bits per heavy atom. The van der Waals surface area contributed by atoms with Crippen LogP contribution in [0.4, 0.5) is 0 Å². The molecule has 2 nitrogen and oxygen atoms in total. The minimum atomic E-state index is 0.357. The molecule has 0 heterocycles. The number of nitrogens with zero attached hydrogens (tertiary/aromatic N) is 1. The van der Waals surface area contributed by atoms with Gasteiger partial charge < -0.3 is 9.59 Å². The molecule has 0 amide bonds. The highest BCUT2D eigenvalue weighted by molar-refractivity contribution is 4.51. The highest BCUT2D eigenvalue weighted by atomic mass is 16.3. The Bertz CT molecular complexity index is 184. The summed E-state index contributed by atoms with van der Waals surface area (Å²) in [5.74, 6) is 0. The van der Waals surface area contributed by atoms with Gasteiger partial charge in [0.2, 0.25) is 0 Å². The molecule has 0 aliphatic heterocycles. The number of hydrogen-bond acceptors (Lipinski definition) is 1. The monoisotopic (exact) mass is 300 g/mol. The van der Waals surface area contributed by atoms with Gasteiger partial charge in [-0.3, -0.25) is 0 Å². The fourth-order valence-electron chi connectivity index (χ4n) is 3.32. The van der Waals surface area contributed by atoms with E-state index >= 15 is 0 Å². The van der Waals surface area contributed by atoms with Crippen molar-refractivity contribution < 1.29 is 9.59 Å². The Labute approximate surface area is 134 Å². The van der Waals surface area contributed by atoms with Crippen LogP contribution in [-0.4, -0.2) is 42.4 Å². The molecule has 0 spiro atoms. The van der Waals surface area contributed by atoms with E-state index in [0.717, 1.165) is 6.42 Å². The predicted octanol–water partition coefficient (Wildman–Crippen LogP) is 5.15. The molecule has 0 saturated heterocycles. The van der Waals surface area contributed by atoms with Crippen molar-refractivity contribution in [3.63, 3.8) is 0 Å². The third kappa shape index (κ3) is 11.2. The van der Waals surface area contributed by atoms with Gasteiger partial charge in [-0.2, -0.15) is 0 Å². The molecule has 0 saturated carbocycles. The quantitative estimate of drug-likeness (QED) is 0.309. The molecule has 128 valence electrons. The lowest BCUT2D eigenvalue weighted by Gasteiger charge is -2.39. The lowest BCUT2D eigenvalue weighted by atomic mass is 10.1. The summed E-state index contributed by atoms with van der Waals surface area (Å²) in [6, 6.07) is 0. The van der Waals surface area contributed by atoms with Crippen LogP contribution in [0.2, 0.25) is 0 Å². The van der Waals surface area contributed by atoms with Crippen molar-refractivity contribution in [3.05, 3.63) is 0 Å². The largest absolute Gasteiger partial charge is 0.396 e. The third-order valence-corrected chi connectivity index (χ3v) is 4.75. The van der Waals surface area contributed by atoms with E-state index in [1.165, 1.54) is 94.9 Å². The van der Waals surface area contributed by atoms with Gasteiger partial charge in [0.1, 0.15) is 0 Å². The van der Waals surface area contributed by atoms with E-state index in [0.29, 0.717) is 6.61 Å². The molecule has 0 unspecified atom stereocenters. The number of aliphatic hydroxyl groups excluding tert-OH is 1. The van der Waals surface area contributed by atoms with E-state index < -0.39 is 0 Å². The molecule has 0 aliphatic carbocycles. The summed E-state index contributed by atoms with van der Waals surface area (Å²) in [6.45, 7) is 12.4. The summed E-state index contributed by atoms with van der Waals surface area (Å²) >= 11 is 0. The fourth-order valence-corrected chi connectivity index (χ4v) is 3.32. The van der Waals surface area contributed by atoms with Crippen molar-refractivity contribution in [1.82, 2.24) is 0 Å². The highest BCUT2D eigenvalue weighted by Gasteiger charge is 2.25. The van der Waals surface area contributed by atoms with Gasteiger partial charge in [-0.05, 0) is 32.1 Å². The maximum atomic E-state index is 9.26. The van der Waals surface area contributed by atoms with Gasteiger partial charge in [0, 0.05) is 13.0 Å². The van der Waals surface area contributed by atoms with Crippen LogP contribution >= 0.6 is 0 Å². The van der Waals surface area contributed by atoms with Crippen LogP contribution in [0.15, 0.2) is 0 Å². The summed E-state index contributed by atoms with van der Waals surface area (Å²) < 4.78 is 1.28. The Morgan fingerprint density at radius 2 is 0.952 bits per heavy atom. The Hall–Kier alpha value is -0.0800. The van der Waals surface area contributed by atoms with Crippen LogP contribution in [0.25, 0.3) is 0 Å². The predicted molar refractivity (Wildman–Crippen MR) is 94.6 cm³/mol. The normalized spacial score (nSPS) is 12.0. The molecular formula is C19H42NO+. The summed E-state index contributed by atoms with van der Waals surface area (Å²) in [5.41, 5.74) is 0. The summed E-state index contributed by atoms with van der Waals surface area (Å²) in [4.78, 5) is 0. The van der Waals surface area contributed by atoms with E-state index in [1.54, 1.807) is 0 Å². The van der Waals surface area contributed by atoms with Crippen LogP contribution < -0.4 is 0 Å². The van der Waals surface area contributed by atoms with Gasteiger partial charge in [0.15, 0.2) is 0 Å². The average molecular weight is 301 g/mol. The standard InChI is InChI=1S/C19H42NO/c1-4-7-10-12-16-20(15-9-6-3,18-14-19-21)17-13-11-8-5-2/h21H,4-19H2,1-3H3/q+1. The second-order valence-electron chi connectivity index (χ2n) is 6.79. The topological polar surface area (TPSA) is 20.2 Å². The van der Waals surface area contributed by atoms with Gasteiger partial charge in [0.05, 0.1) is 26.2 Å². The number of unbranched alkanes of at least 4 members (excludes halogenated alkanes) is 7. The van der Waals surface area contributed by atoms with Gasteiger partial charge in [0.25, 0.3) is 0 Å². The number of rotatable bonds is 16. The lowest BCUT2D eigenvalue weighted by Crippen LogP contribution is -2.51. The molecule has 0 aromatic carbocycles. The summed E-state index contributed by atoms with van der Waals surface area (Å²) in [5, 5.41) is 9.26. The molecule has 0 aromatic heterocycles.